The molecule has 0 radical (unpaired) electrons. The minimum atomic E-state index is -0.330. The third-order valence-electron chi connectivity index (χ3n) is 2.51. The molecule has 1 aromatic rings. The number of rotatable bonds is 5. The standard InChI is InChI=1S/C12H16BrNO3/c1-2-9(5-6-15)14-12(17)10-7-8(13)3-4-11(10)16/h3-4,7,9,15-16H,2,5-6H2,1H3,(H,14,17). The number of hydrogen-bond acceptors (Lipinski definition) is 3. The van der Waals surface area contributed by atoms with Gasteiger partial charge < -0.3 is 15.5 Å². The van der Waals surface area contributed by atoms with E-state index in [4.69, 9.17) is 5.11 Å². The Balaban J connectivity index is 2.78. The van der Waals surface area contributed by atoms with Gasteiger partial charge in [0, 0.05) is 17.1 Å². The Morgan fingerprint density at radius 1 is 1.53 bits per heavy atom. The Morgan fingerprint density at radius 3 is 2.82 bits per heavy atom. The van der Waals surface area contributed by atoms with Crippen LogP contribution >= 0.6 is 15.9 Å². The van der Waals surface area contributed by atoms with Crippen molar-refractivity contribution in [1.82, 2.24) is 5.32 Å². The van der Waals surface area contributed by atoms with Crippen molar-refractivity contribution in [2.75, 3.05) is 6.61 Å². The summed E-state index contributed by atoms with van der Waals surface area (Å²) in [6, 6.07) is 4.62. The molecule has 0 spiro atoms. The number of aliphatic hydroxyl groups is 1. The van der Waals surface area contributed by atoms with Gasteiger partial charge in [-0.3, -0.25) is 4.79 Å². The van der Waals surface area contributed by atoms with Gasteiger partial charge in [0.15, 0.2) is 0 Å². The van der Waals surface area contributed by atoms with Gasteiger partial charge >= 0.3 is 0 Å². The van der Waals surface area contributed by atoms with E-state index in [-0.39, 0.29) is 29.9 Å². The lowest BCUT2D eigenvalue weighted by atomic mass is 10.1. The largest absolute Gasteiger partial charge is 0.507 e. The zero-order valence-electron chi connectivity index (χ0n) is 9.61. The second-order valence-electron chi connectivity index (χ2n) is 3.75. The normalized spacial score (nSPS) is 12.2. The SMILES string of the molecule is CCC(CCO)NC(=O)c1cc(Br)ccc1O. The molecule has 0 aliphatic heterocycles. The highest BCUT2D eigenvalue weighted by atomic mass is 79.9. The van der Waals surface area contributed by atoms with Crippen molar-refractivity contribution in [3.05, 3.63) is 28.2 Å². The Morgan fingerprint density at radius 2 is 2.24 bits per heavy atom. The average Bonchev–Trinajstić information content (AvgIpc) is 2.31. The molecule has 1 aromatic carbocycles. The number of hydrogen-bond donors (Lipinski definition) is 3. The number of nitrogens with one attached hydrogen (secondary N) is 1. The van der Waals surface area contributed by atoms with Crippen LogP contribution in [-0.2, 0) is 0 Å². The Bertz CT molecular complexity index is 395. The van der Waals surface area contributed by atoms with Crippen LogP contribution in [0, 0.1) is 0 Å². The van der Waals surface area contributed by atoms with Crippen LogP contribution in [0.25, 0.3) is 0 Å². The molecule has 1 atom stereocenters. The van der Waals surface area contributed by atoms with Crippen LogP contribution in [0.15, 0.2) is 22.7 Å². The molecule has 94 valence electrons. The highest BCUT2D eigenvalue weighted by Crippen LogP contribution is 2.21. The number of benzene rings is 1. The molecule has 0 saturated heterocycles. The van der Waals surface area contributed by atoms with Gasteiger partial charge in [-0.2, -0.15) is 0 Å². The first kappa shape index (κ1) is 14.0. The van der Waals surface area contributed by atoms with Gasteiger partial charge in [-0.15, -0.1) is 0 Å². The lowest BCUT2D eigenvalue weighted by molar-refractivity contribution is 0.0926. The van der Waals surface area contributed by atoms with E-state index in [9.17, 15) is 9.90 Å². The molecule has 0 aliphatic rings. The summed E-state index contributed by atoms with van der Waals surface area (Å²) in [6.07, 6.45) is 1.25. The molecule has 4 nitrogen and oxygen atoms in total. The van der Waals surface area contributed by atoms with E-state index in [0.29, 0.717) is 6.42 Å². The van der Waals surface area contributed by atoms with E-state index in [1.165, 1.54) is 6.07 Å². The Kier molecular flexibility index (Phi) is 5.44. The first-order valence-electron chi connectivity index (χ1n) is 5.48. The van der Waals surface area contributed by atoms with E-state index in [2.05, 4.69) is 21.2 Å². The second kappa shape index (κ2) is 6.61. The minimum absolute atomic E-state index is 0.0310. The first-order chi connectivity index (χ1) is 8.08. The summed E-state index contributed by atoms with van der Waals surface area (Å²) in [5, 5.41) is 21.2. The monoisotopic (exact) mass is 301 g/mol. The van der Waals surface area contributed by atoms with Gasteiger partial charge in [0.25, 0.3) is 5.91 Å². The number of amides is 1. The van der Waals surface area contributed by atoms with Crippen molar-refractivity contribution < 1.29 is 15.0 Å². The second-order valence-corrected chi connectivity index (χ2v) is 4.67. The van der Waals surface area contributed by atoms with Crippen LogP contribution in [-0.4, -0.2) is 28.8 Å². The Hall–Kier alpha value is -1.07. The van der Waals surface area contributed by atoms with E-state index >= 15 is 0 Å². The van der Waals surface area contributed by atoms with Crippen molar-refractivity contribution >= 4 is 21.8 Å². The molecule has 3 N–H and O–H groups in total. The maximum Gasteiger partial charge on any atom is 0.255 e. The lowest BCUT2D eigenvalue weighted by Crippen LogP contribution is -2.35. The summed E-state index contributed by atoms with van der Waals surface area (Å²) in [7, 11) is 0. The van der Waals surface area contributed by atoms with Crippen LogP contribution in [0.4, 0.5) is 0 Å². The van der Waals surface area contributed by atoms with Gasteiger partial charge in [0.1, 0.15) is 5.75 Å². The summed E-state index contributed by atoms with van der Waals surface area (Å²) in [4.78, 5) is 11.9. The predicted octanol–water partition coefficient (Wildman–Crippen LogP) is 2.05. The fourth-order valence-electron chi connectivity index (χ4n) is 1.49. The molecule has 0 saturated carbocycles. The summed E-state index contributed by atoms with van der Waals surface area (Å²) < 4.78 is 0.732. The van der Waals surface area contributed by atoms with Gasteiger partial charge in [-0.05, 0) is 31.0 Å². The summed E-state index contributed by atoms with van der Waals surface area (Å²) in [5.74, 6) is -0.381. The van der Waals surface area contributed by atoms with Crippen molar-refractivity contribution in [2.24, 2.45) is 0 Å². The molecule has 0 aromatic heterocycles. The lowest BCUT2D eigenvalue weighted by Gasteiger charge is -2.16. The number of aliphatic hydroxyl groups excluding tert-OH is 1. The summed E-state index contributed by atoms with van der Waals surface area (Å²) in [6.45, 7) is 1.96. The van der Waals surface area contributed by atoms with Crippen molar-refractivity contribution in [3.63, 3.8) is 0 Å². The van der Waals surface area contributed by atoms with E-state index in [0.717, 1.165) is 10.9 Å². The number of carbonyl (C=O) groups is 1. The van der Waals surface area contributed by atoms with Crippen LogP contribution in [0.1, 0.15) is 30.1 Å². The molecular formula is C12H16BrNO3. The third kappa shape index (κ3) is 4.02. The zero-order chi connectivity index (χ0) is 12.8. The van der Waals surface area contributed by atoms with E-state index in [1.54, 1.807) is 12.1 Å². The molecule has 1 unspecified atom stereocenters. The smallest absolute Gasteiger partial charge is 0.255 e. The van der Waals surface area contributed by atoms with Crippen LogP contribution in [0.2, 0.25) is 0 Å². The molecule has 0 fully saturated rings. The number of carbonyl (C=O) groups excluding carboxylic acids is 1. The third-order valence-corrected chi connectivity index (χ3v) is 3.00. The average molecular weight is 302 g/mol. The van der Waals surface area contributed by atoms with Crippen molar-refractivity contribution in [3.8, 4) is 5.75 Å². The molecule has 0 aliphatic carbocycles. The highest BCUT2D eigenvalue weighted by Gasteiger charge is 2.15. The molecule has 17 heavy (non-hydrogen) atoms. The number of phenolic OH excluding ortho intramolecular Hbond substituents is 1. The quantitative estimate of drug-likeness (QED) is 0.779. The molecular weight excluding hydrogens is 286 g/mol. The van der Waals surface area contributed by atoms with Gasteiger partial charge in [0.2, 0.25) is 0 Å². The minimum Gasteiger partial charge on any atom is -0.507 e. The fraction of sp³-hybridized carbons (Fsp3) is 0.417. The molecule has 1 amide bonds. The van der Waals surface area contributed by atoms with Gasteiger partial charge in [-0.25, -0.2) is 0 Å². The maximum atomic E-state index is 11.9. The number of phenols is 1. The maximum absolute atomic E-state index is 11.9. The van der Waals surface area contributed by atoms with Crippen molar-refractivity contribution in [2.45, 2.75) is 25.8 Å². The molecule has 0 heterocycles. The van der Waals surface area contributed by atoms with Crippen LogP contribution in [0.3, 0.4) is 0 Å². The Labute approximate surface area is 109 Å². The van der Waals surface area contributed by atoms with E-state index in [1.807, 2.05) is 6.92 Å². The first-order valence-corrected chi connectivity index (χ1v) is 6.28. The number of aromatic hydroxyl groups is 1. The van der Waals surface area contributed by atoms with Crippen LogP contribution < -0.4 is 5.32 Å². The molecule has 5 heteroatoms. The summed E-state index contributed by atoms with van der Waals surface area (Å²) in [5.41, 5.74) is 0.232. The summed E-state index contributed by atoms with van der Waals surface area (Å²) >= 11 is 3.25. The molecule has 1 rings (SSSR count). The zero-order valence-corrected chi connectivity index (χ0v) is 11.2. The highest BCUT2D eigenvalue weighted by molar-refractivity contribution is 9.10. The fourth-order valence-corrected chi connectivity index (χ4v) is 1.85. The van der Waals surface area contributed by atoms with Gasteiger partial charge in [-0.1, -0.05) is 22.9 Å². The molecule has 0 bridgehead atoms. The van der Waals surface area contributed by atoms with E-state index < -0.39 is 0 Å². The predicted molar refractivity (Wildman–Crippen MR) is 69.1 cm³/mol. The topological polar surface area (TPSA) is 69.6 Å². The van der Waals surface area contributed by atoms with Gasteiger partial charge in [0.05, 0.1) is 5.56 Å². The number of halogens is 1. The van der Waals surface area contributed by atoms with Crippen molar-refractivity contribution in [1.29, 1.82) is 0 Å². The van der Waals surface area contributed by atoms with Crippen LogP contribution in [0.5, 0.6) is 5.75 Å².